The van der Waals surface area contributed by atoms with E-state index in [1.54, 1.807) is 13.8 Å². The first-order chi connectivity index (χ1) is 7.02. The highest BCUT2D eigenvalue weighted by Crippen LogP contribution is 2.04. The maximum atomic E-state index is 10.7. The van der Waals surface area contributed by atoms with Crippen LogP contribution in [0.5, 0.6) is 0 Å². The van der Waals surface area contributed by atoms with Crippen molar-refractivity contribution in [2.45, 2.75) is 26.0 Å². The summed E-state index contributed by atoms with van der Waals surface area (Å²) in [7, 11) is 0. The van der Waals surface area contributed by atoms with E-state index in [2.05, 4.69) is 5.48 Å². The standard InChI is InChI=1S/C11H15NO3/c1-11(2,10(13)14)12-15-8-9-6-4-3-5-7-9/h3-7,12H,8H2,1-2H3,(H,13,14). The fraction of sp³-hybridized carbons (Fsp3) is 0.364. The second kappa shape index (κ2) is 4.91. The highest BCUT2D eigenvalue weighted by Gasteiger charge is 2.26. The third kappa shape index (κ3) is 3.69. The number of aliphatic carboxylic acids is 1. The van der Waals surface area contributed by atoms with E-state index in [0.717, 1.165) is 5.56 Å². The van der Waals surface area contributed by atoms with E-state index in [-0.39, 0.29) is 0 Å². The second-order valence-corrected chi connectivity index (χ2v) is 3.81. The molecule has 0 aliphatic heterocycles. The average Bonchev–Trinajstić information content (AvgIpc) is 2.19. The fourth-order valence-electron chi connectivity index (χ4n) is 0.918. The Balaban J connectivity index is 2.37. The van der Waals surface area contributed by atoms with Gasteiger partial charge in [-0.05, 0) is 19.4 Å². The Hall–Kier alpha value is -1.39. The van der Waals surface area contributed by atoms with Gasteiger partial charge in [0.15, 0.2) is 0 Å². The Morgan fingerprint density at radius 1 is 1.40 bits per heavy atom. The van der Waals surface area contributed by atoms with Gasteiger partial charge in [0.05, 0.1) is 6.61 Å². The summed E-state index contributed by atoms with van der Waals surface area (Å²) in [5, 5.41) is 8.80. The normalized spacial score (nSPS) is 11.3. The van der Waals surface area contributed by atoms with Gasteiger partial charge in [0, 0.05) is 0 Å². The van der Waals surface area contributed by atoms with Crippen molar-refractivity contribution in [3.05, 3.63) is 35.9 Å². The fourth-order valence-corrected chi connectivity index (χ4v) is 0.918. The maximum absolute atomic E-state index is 10.7. The predicted octanol–water partition coefficient (Wildman–Crippen LogP) is 1.57. The Morgan fingerprint density at radius 2 is 2.00 bits per heavy atom. The summed E-state index contributed by atoms with van der Waals surface area (Å²) < 4.78 is 0. The summed E-state index contributed by atoms with van der Waals surface area (Å²) in [6, 6.07) is 9.55. The zero-order valence-corrected chi connectivity index (χ0v) is 8.86. The van der Waals surface area contributed by atoms with Gasteiger partial charge in [0.1, 0.15) is 5.54 Å². The molecule has 0 bridgehead atoms. The lowest BCUT2D eigenvalue weighted by molar-refractivity contribution is -0.151. The first kappa shape index (κ1) is 11.7. The summed E-state index contributed by atoms with van der Waals surface area (Å²) in [6.07, 6.45) is 0. The van der Waals surface area contributed by atoms with Gasteiger partial charge in [-0.25, -0.2) is 0 Å². The van der Waals surface area contributed by atoms with Crippen LogP contribution in [0.15, 0.2) is 30.3 Å². The molecule has 0 atom stereocenters. The Kier molecular flexibility index (Phi) is 3.82. The smallest absolute Gasteiger partial charge is 0.325 e. The minimum absolute atomic E-state index is 0.345. The lowest BCUT2D eigenvalue weighted by Gasteiger charge is -2.20. The van der Waals surface area contributed by atoms with Crippen molar-refractivity contribution >= 4 is 5.97 Å². The van der Waals surface area contributed by atoms with Crippen LogP contribution in [-0.4, -0.2) is 16.6 Å². The van der Waals surface area contributed by atoms with Crippen LogP contribution in [0.1, 0.15) is 19.4 Å². The molecule has 0 amide bonds. The number of hydroxylamine groups is 1. The van der Waals surface area contributed by atoms with Gasteiger partial charge >= 0.3 is 5.97 Å². The van der Waals surface area contributed by atoms with Crippen molar-refractivity contribution in [3.8, 4) is 0 Å². The molecule has 0 radical (unpaired) electrons. The number of carboxylic acids is 1. The van der Waals surface area contributed by atoms with Crippen LogP contribution < -0.4 is 5.48 Å². The van der Waals surface area contributed by atoms with Gasteiger partial charge in [-0.1, -0.05) is 30.3 Å². The summed E-state index contributed by atoms with van der Waals surface area (Å²) in [5.74, 6) is -0.949. The molecule has 1 aromatic carbocycles. The lowest BCUT2D eigenvalue weighted by Crippen LogP contribution is -2.46. The van der Waals surface area contributed by atoms with Gasteiger partial charge in [0.25, 0.3) is 0 Å². The molecule has 0 heterocycles. The van der Waals surface area contributed by atoms with Crippen molar-refractivity contribution in [2.24, 2.45) is 0 Å². The molecule has 0 aromatic heterocycles. The second-order valence-electron chi connectivity index (χ2n) is 3.81. The van der Waals surface area contributed by atoms with Gasteiger partial charge in [-0.15, -0.1) is 0 Å². The number of nitrogens with one attached hydrogen (secondary N) is 1. The zero-order chi connectivity index (χ0) is 11.3. The van der Waals surface area contributed by atoms with E-state index < -0.39 is 11.5 Å². The van der Waals surface area contributed by atoms with Crippen LogP contribution in [0.2, 0.25) is 0 Å². The minimum Gasteiger partial charge on any atom is -0.480 e. The average molecular weight is 209 g/mol. The van der Waals surface area contributed by atoms with Crippen molar-refractivity contribution in [1.82, 2.24) is 5.48 Å². The number of hydrogen-bond acceptors (Lipinski definition) is 3. The molecule has 0 aliphatic rings. The van der Waals surface area contributed by atoms with Crippen molar-refractivity contribution < 1.29 is 14.7 Å². The van der Waals surface area contributed by atoms with Gasteiger partial charge < -0.3 is 5.11 Å². The molecule has 0 fully saturated rings. The van der Waals surface area contributed by atoms with E-state index in [1.807, 2.05) is 30.3 Å². The molecule has 1 aromatic rings. The molecule has 4 heteroatoms. The minimum atomic E-state index is -1.07. The summed E-state index contributed by atoms with van der Waals surface area (Å²) in [4.78, 5) is 15.8. The SMILES string of the molecule is CC(C)(NOCc1ccccc1)C(=O)O. The molecular formula is C11H15NO3. The summed E-state index contributed by atoms with van der Waals surface area (Å²) >= 11 is 0. The van der Waals surface area contributed by atoms with Crippen LogP contribution in [0.4, 0.5) is 0 Å². The first-order valence-electron chi connectivity index (χ1n) is 4.68. The van der Waals surface area contributed by atoms with E-state index in [4.69, 9.17) is 9.94 Å². The molecule has 0 aliphatic carbocycles. The molecule has 0 saturated heterocycles. The summed E-state index contributed by atoms with van der Waals surface area (Å²) in [5.41, 5.74) is 2.42. The van der Waals surface area contributed by atoms with Crippen LogP contribution in [0.25, 0.3) is 0 Å². The third-order valence-corrected chi connectivity index (χ3v) is 1.94. The van der Waals surface area contributed by atoms with E-state index in [9.17, 15) is 4.79 Å². The van der Waals surface area contributed by atoms with Crippen molar-refractivity contribution in [2.75, 3.05) is 0 Å². The molecular weight excluding hydrogens is 194 g/mol. The Bertz CT molecular complexity index is 322. The monoisotopic (exact) mass is 209 g/mol. The van der Waals surface area contributed by atoms with Crippen LogP contribution in [0.3, 0.4) is 0 Å². The van der Waals surface area contributed by atoms with Crippen molar-refractivity contribution in [1.29, 1.82) is 0 Å². The number of rotatable bonds is 5. The molecule has 1 rings (SSSR count). The highest BCUT2D eigenvalue weighted by atomic mass is 16.6. The Morgan fingerprint density at radius 3 is 2.53 bits per heavy atom. The van der Waals surface area contributed by atoms with Gasteiger partial charge in [-0.2, -0.15) is 5.48 Å². The molecule has 82 valence electrons. The molecule has 2 N–H and O–H groups in total. The summed E-state index contributed by atoms with van der Waals surface area (Å²) in [6.45, 7) is 3.43. The van der Waals surface area contributed by atoms with E-state index in [1.165, 1.54) is 0 Å². The van der Waals surface area contributed by atoms with Crippen molar-refractivity contribution in [3.63, 3.8) is 0 Å². The maximum Gasteiger partial charge on any atom is 0.325 e. The van der Waals surface area contributed by atoms with Crippen LogP contribution in [-0.2, 0) is 16.2 Å². The number of benzene rings is 1. The Labute approximate surface area is 88.8 Å². The predicted molar refractivity (Wildman–Crippen MR) is 56.1 cm³/mol. The third-order valence-electron chi connectivity index (χ3n) is 1.94. The quantitative estimate of drug-likeness (QED) is 0.723. The molecule has 0 unspecified atom stereocenters. The first-order valence-corrected chi connectivity index (χ1v) is 4.68. The van der Waals surface area contributed by atoms with Crippen LogP contribution >= 0.6 is 0 Å². The number of hydrogen-bond donors (Lipinski definition) is 2. The van der Waals surface area contributed by atoms with E-state index >= 15 is 0 Å². The topological polar surface area (TPSA) is 58.6 Å². The van der Waals surface area contributed by atoms with Crippen LogP contribution in [0, 0.1) is 0 Å². The highest BCUT2D eigenvalue weighted by molar-refractivity contribution is 5.77. The number of carboxylic acid groups (broad SMARTS) is 1. The van der Waals surface area contributed by atoms with Gasteiger partial charge in [0.2, 0.25) is 0 Å². The molecule has 0 saturated carbocycles. The van der Waals surface area contributed by atoms with E-state index in [0.29, 0.717) is 6.61 Å². The largest absolute Gasteiger partial charge is 0.480 e. The molecule has 15 heavy (non-hydrogen) atoms. The lowest BCUT2D eigenvalue weighted by atomic mass is 10.1. The van der Waals surface area contributed by atoms with Gasteiger partial charge in [-0.3, -0.25) is 9.63 Å². The zero-order valence-electron chi connectivity index (χ0n) is 8.86. The number of carbonyl (C=O) groups is 1. The molecule has 0 spiro atoms. The molecule has 4 nitrogen and oxygen atoms in total.